The van der Waals surface area contributed by atoms with Gasteiger partial charge >= 0.3 is 0 Å². The lowest BCUT2D eigenvalue weighted by molar-refractivity contribution is -0.137. The third-order valence-electron chi connectivity index (χ3n) is 1.63. The summed E-state index contributed by atoms with van der Waals surface area (Å²) in [5, 5.41) is 0. The molecule has 1 saturated heterocycles. The minimum absolute atomic E-state index is 0.0601. The summed E-state index contributed by atoms with van der Waals surface area (Å²) < 4.78 is 10.7. The second kappa shape index (κ2) is 4.80. The van der Waals surface area contributed by atoms with Crippen LogP contribution in [-0.4, -0.2) is 29.2 Å². The van der Waals surface area contributed by atoms with Crippen molar-refractivity contribution in [2.75, 3.05) is 13.2 Å². The van der Waals surface area contributed by atoms with Crippen LogP contribution in [0.3, 0.4) is 0 Å². The quantitative estimate of drug-likeness (QED) is 0.637. The average Bonchev–Trinajstić information content (AvgIpc) is 1.98. The fourth-order valence-electron chi connectivity index (χ4n) is 0.907. The van der Waals surface area contributed by atoms with Crippen LogP contribution in [0, 0.1) is 0 Å². The molecule has 0 radical (unpaired) electrons. The normalized spacial score (nSPS) is 41.2. The molecular weight excluding hydrogens is 276 g/mol. The molecule has 1 aliphatic rings. The first-order valence-corrected chi connectivity index (χ1v) is 5.54. The lowest BCUT2D eigenvalue weighted by Gasteiger charge is -2.24. The minimum atomic E-state index is -0.0601. The molecule has 3 unspecified atom stereocenters. The molecule has 0 N–H and O–H groups in total. The summed E-state index contributed by atoms with van der Waals surface area (Å²) in [6.45, 7) is 3.39. The largest absolute Gasteiger partial charge is 0.353 e. The Balaban J connectivity index is 2.34. The van der Waals surface area contributed by atoms with Crippen LogP contribution in [0.5, 0.6) is 0 Å². The van der Waals surface area contributed by atoms with E-state index in [4.69, 9.17) is 9.47 Å². The summed E-state index contributed by atoms with van der Waals surface area (Å²) in [4.78, 5) is 0.851. The summed E-state index contributed by atoms with van der Waals surface area (Å²) in [6, 6.07) is 0. The van der Waals surface area contributed by atoms with E-state index in [2.05, 4.69) is 31.9 Å². The smallest absolute Gasteiger partial charge is 0.154 e. The second-order valence-electron chi connectivity index (χ2n) is 2.59. The Morgan fingerprint density at radius 2 is 1.91 bits per heavy atom. The van der Waals surface area contributed by atoms with E-state index in [1.165, 1.54) is 0 Å². The summed E-state index contributed by atoms with van der Waals surface area (Å²) in [5.41, 5.74) is 0. The number of rotatable bonds is 0. The monoisotopic (exact) mass is 286 g/mol. The van der Waals surface area contributed by atoms with Crippen molar-refractivity contribution in [3.05, 3.63) is 0 Å². The highest BCUT2D eigenvalue weighted by atomic mass is 79.9. The van der Waals surface area contributed by atoms with Crippen molar-refractivity contribution in [1.29, 1.82) is 0 Å². The average molecular weight is 288 g/mol. The van der Waals surface area contributed by atoms with E-state index in [0.29, 0.717) is 16.3 Å². The molecule has 3 atom stereocenters. The standard InChI is InChI=1S/C7H12Br2O2/c1-5-10-3-2-6(8)7(9)4-11-5/h5-7H,2-4H2,1H3. The van der Waals surface area contributed by atoms with Gasteiger partial charge in [0.15, 0.2) is 6.29 Å². The van der Waals surface area contributed by atoms with Gasteiger partial charge in [0.2, 0.25) is 0 Å². The Morgan fingerprint density at radius 3 is 2.64 bits per heavy atom. The van der Waals surface area contributed by atoms with E-state index in [1.54, 1.807) is 0 Å². The van der Waals surface area contributed by atoms with Crippen LogP contribution < -0.4 is 0 Å². The molecule has 0 aromatic heterocycles. The number of alkyl halides is 2. The van der Waals surface area contributed by atoms with Crippen LogP contribution in [-0.2, 0) is 9.47 Å². The molecule has 1 fully saturated rings. The Labute approximate surface area is 83.9 Å². The first kappa shape index (κ1) is 9.96. The summed E-state index contributed by atoms with van der Waals surface area (Å²) in [6.07, 6.45) is 0.971. The predicted octanol–water partition coefficient (Wildman–Crippen LogP) is 2.30. The van der Waals surface area contributed by atoms with Gasteiger partial charge in [0.25, 0.3) is 0 Å². The maximum Gasteiger partial charge on any atom is 0.154 e. The zero-order chi connectivity index (χ0) is 8.27. The van der Waals surface area contributed by atoms with Crippen LogP contribution in [0.2, 0.25) is 0 Å². The van der Waals surface area contributed by atoms with E-state index in [9.17, 15) is 0 Å². The van der Waals surface area contributed by atoms with Crippen molar-refractivity contribution >= 4 is 31.9 Å². The maximum atomic E-state index is 5.37. The third-order valence-corrected chi connectivity index (χ3v) is 4.34. The molecule has 11 heavy (non-hydrogen) atoms. The third kappa shape index (κ3) is 3.40. The van der Waals surface area contributed by atoms with Crippen molar-refractivity contribution in [3.63, 3.8) is 0 Å². The van der Waals surface area contributed by atoms with Gasteiger partial charge in [-0.1, -0.05) is 31.9 Å². The van der Waals surface area contributed by atoms with Gasteiger partial charge in [-0.2, -0.15) is 0 Å². The second-order valence-corrected chi connectivity index (χ2v) is 4.94. The summed E-state index contributed by atoms with van der Waals surface area (Å²) in [7, 11) is 0. The van der Waals surface area contributed by atoms with Gasteiger partial charge in [-0.3, -0.25) is 0 Å². The molecule has 4 heteroatoms. The molecule has 1 aliphatic heterocycles. The molecule has 0 saturated carbocycles. The van der Waals surface area contributed by atoms with Crippen LogP contribution in [0.4, 0.5) is 0 Å². The topological polar surface area (TPSA) is 18.5 Å². The molecule has 0 aromatic carbocycles. The predicted molar refractivity (Wildman–Crippen MR) is 51.4 cm³/mol. The van der Waals surface area contributed by atoms with Crippen molar-refractivity contribution in [3.8, 4) is 0 Å². The first-order chi connectivity index (χ1) is 5.20. The highest BCUT2D eigenvalue weighted by molar-refractivity contribution is 9.12. The minimum Gasteiger partial charge on any atom is -0.353 e. The van der Waals surface area contributed by atoms with E-state index in [1.807, 2.05) is 6.92 Å². The fraction of sp³-hybridized carbons (Fsp3) is 1.00. The van der Waals surface area contributed by atoms with Crippen molar-refractivity contribution in [2.45, 2.75) is 29.3 Å². The first-order valence-electron chi connectivity index (χ1n) is 3.71. The molecule has 2 nitrogen and oxygen atoms in total. The van der Waals surface area contributed by atoms with Crippen molar-refractivity contribution in [1.82, 2.24) is 0 Å². The maximum absolute atomic E-state index is 5.37. The molecule has 0 bridgehead atoms. The van der Waals surface area contributed by atoms with Crippen molar-refractivity contribution < 1.29 is 9.47 Å². The highest BCUT2D eigenvalue weighted by Crippen LogP contribution is 2.21. The summed E-state index contributed by atoms with van der Waals surface area (Å²) in [5.74, 6) is 0. The van der Waals surface area contributed by atoms with E-state index in [0.717, 1.165) is 13.0 Å². The van der Waals surface area contributed by atoms with Crippen LogP contribution in [0.25, 0.3) is 0 Å². The Hall–Kier alpha value is 0.880. The Kier molecular flexibility index (Phi) is 4.34. The Morgan fingerprint density at radius 1 is 1.18 bits per heavy atom. The molecule has 0 amide bonds. The molecule has 66 valence electrons. The van der Waals surface area contributed by atoms with Gasteiger partial charge in [0.1, 0.15) is 0 Å². The fourth-order valence-corrected chi connectivity index (χ4v) is 1.66. The molecule has 0 aromatic rings. The van der Waals surface area contributed by atoms with Crippen LogP contribution in [0.1, 0.15) is 13.3 Å². The van der Waals surface area contributed by atoms with Crippen molar-refractivity contribution in [2.24, 2.45) is 0 Å². The van der Waals surface area contributed by atoms with E-state index in [-0.39, 0.29) is 6.29 Å². The van der Waals surface area contributed by atoms with Gasteiger partial charge < -0.3 is 9.47 Å². The van der Waals surface area contributed by atoms with Gasteiger partial charge in [0.05, 0.1) is 18.0 Å². The van der Waals surface area contributed by atoms with E-state index >= 15 is 0 Å². The highest BCUT2D eigenvalue weighted by Gasteiger charge is 2.20. The number of hydrogen-bond donors (Lipinski definition) is 0. The SMILES string of the molecule is CC1OCCC(Br)C(Br)CO1. The summed E-state index contributed by atoms with van der Waals surface area (Å²) >= 11 is 7.09. The number of halogens is 2. The lowest BCUT2D eigenvalue weighted by Crippen LogP contribution is -2.29. The van der Waals surface area contributed by atoms with Gasteiger partial charge in [-0.15, -0.1) is 0 Å². The van der Waals surface area contributed by atoms with Gasteiger partial charge in [-0.05, 0) is 13.3 Å². The molecule has 0 aliphatic carbocycles. The molecule has 1 rings (SSSR count). The number of hydrogen-bond acceptors (Lipinski definition) is 2. The zero-order valence-electron chi connectivity index (χ0n) is 6.43. The molecular formula is C7H12Br2O2. The Bertz CT molecular complexity index is 121. The van der Waals surface area contributed by atoms with E-state index < -0.39 is 0 Å². The van der Waals surface area contributed by atoms with Crippen LogP contribution in [0.15, 0.2) is 0 Å². The molecule has 0 spiro atoms. The molecule has 1 heterocycles. The van der Waals surface area contributed by atoms with Crippen LogP contribution >= 0.6 is 31.9 Å². The van der Waals surface area contributed by atoms with Gasteiger partial charge in [0, 0.05) is 4.83 Å². The lowest BCUT2D eigenvalue weighted by atomic mass is 10.2. The number of ether oxygens (including phenoxy) is 2. The van der Waals surface area contributed by atoms with Gasteiger partial charge in [-0.25, -0.2) is 0 Å². The zero-order valence-corrected chi connectivity index (χ0v) is 9.60.